The van der Waals surface area contributed by atoms with Crippen LogP contribution in [0.25, 0.3) is 0 Å². The number of amides is 1. The number of fused-ring (bicyclic) bond motifs is 1. The lowest BCUT2D eigenvalue weighted by Crippen LogP contribution is -2.33. The summed E-state index contributed by atoms with van der Waals surface area (Å²) in [6.45, 7) is -1.58. The number of alkyl halides is 2. The zero-order chi connectivity index (χ0) is 16.6. The Morgan fingerprint density at radius 3 is 2.74 bits per heavy atom. The normalized spacial score (nSPS) is 26.5. The average molecular weight is 326 g/mol. The lowest BCUT2D eigenvalue weighted by Gasteiger charge is -2.19. The molecule has 1 saturated carbocycles. The molecule has 5 nitrogen and oxygen atoms in total. The van der Waals surface area contributed by atoms with Crippen molar-refractivity contribution in [1.29, 1.82) is 0 Å². The first-order valence-electron chi connectivity index (χ1n) is 7.67. The van der Waals surface area contributed by atoms with Gasteiger partial charge in [0.1, 0.15) is 0 Å². The topological polar surface area (TPSA) is 64.8 Å². The molecular weight excluding hydrogens is 306 g/mol. The number of carbonyl (C=O) groups excluding carboxylic acids is 1. The number of rotatable bonds is 4. The smallest absolute Gasteiger partial charge is 0.387 e. The van der Waals surface area contributed by atoms with Crippen molar-refractivity contribution in [2.24, 2.45) is 17.6 Å². The van der Waals surface area contributed by atoms with Gasteiger partial charge in [0.2, 0.25) is 0 Å². The lowest BCUT2D eigenvalue weighted by molar-refractivity contribution is -0.0512. The van der Waals surface area contributed by atoms with Gasteiger partial charge in [0.25, 0.3) is 5.91 Å². The maximum Gasteiger partial charge on any atom is 0.387 e. The summed E-state index contributed by atoms with van der Waals surface area (Å²) in [5.74, 6) is 0.736. The standard InChI is InChI=1S/C16H20F2N2O3/c1-22-14-6-9(3-5-13(14)23-16(17)18)15(21)20-7-10-2-4-12(19)11(10)8-20/h3,5-6,10-12,16H,2,4,7-8,19H2,1H3. The van der Waals surface area contributed by atoms with E-state index in [1.165, 1.54) is 25.3 Å². The van der Waals surface area contributed by atoms with E-state index in [1.54, 1.807) is 4.90 Å². The fourth-order valence-electron chi connectivity index (χ4n) is 3.65. The van der Waals surface area contributed by atoms with Crippen LogP contribution in [0, 0.1) is 11.8 Å². The molecule has 1 saturated heterocycles. The summed E-state index contributed by atoms with van der Waals surface area (Å²) in [5.41, 5.74) is 6.49. The second kappa shape index (κ2) is 6.31. The number of hydrogen-bond acceptors (Lipinski definition) is 4. The summed E-state index contributed by atoms with van der Waals surface area (Å²) in [4.78, 5) is 14.4. The Labute approximate surface area is 133 Å². The highest BCUT2D eigenvalue weighted by Gasteiger charge is 2.42. The van der Waals surface area contributed by atoms with Gasteiger partial charge in [-0.1, -0.05) is 0 Å². The van der Waals surface area contributed by atoms with E-state index in [1.807, 2.05) is 0 Å². The molecule has 3 rings (SSSR count). The lowest BCUT2D eigenvalue weighted by atomic mass is 9.98. The molecule has 1 aromatic rings. The summed E-state index contributed by atoms with van der Waals surface area (Å²) in [6, 6.07) is 4.42. The first kappa shape index (κ1) is 16.0. The maximum absolute atomic E-state index is 12.6. The number of carbonyl (C=O) groups is 1. The van der Waals surface area contributed by atoms with Crippen molar-refractivity contribution >= 4 is 5.91 Å². The number of nitrogens with zero attached hydrogens (tertiary/aromatic N) is 1. The number of nitrogens with two attached hydrogens (primary N) is 1. The molecule has 1 aromatic carbocycles. The molecule has 1 aliphatic heterocycles. The van der Waals surface area contributed by atoms with Crippen LogP contribution < -0.4 is 15.2 Å². The van der Waals surface area contributed by atoms with Crippen LogP contribution in [0.3, 0.4) is 0 Å². The third-order valence-electron chi connectivity index (χ3n) is 4.83. The minimum atomic E-state index is -2.94. The van der Waals surface area contributed by atoms with E-state index in [2.05, 4.69) is 4.74 Å². The van der Waals surface area contributed by atoms with Crippen molar-refractivity contribution in [3.8, 4) is 11.5 Å². The third kappa shape index (κ3) is 3.10. The quantitative estimate of drug-likeness (QED) is 0.920. The van der Waals surface area contributed by atoms with Gasteiger partial charge in [0.05, 0.1) is 7.11 Å². The van der Waals surface area contributed by atoms with E-state index in [0.717, 1.165) is 12.8 Å². The van der Waals surface area contributed by atoms with Gasteiger partial charge in [-0.2, -0.15) is 8.78 Å². The molecule has 2 fully saturated rings. The highest BCUT2D eigenvalue weighted by molar-refractivity contribution is 5.95. The molecule has 126 valence electrons. The first-order chi connectivity index (χ1) is 11.0. The molecule has 0 aromatic heterocycles. The van der Waals surface area contributed by atoms with Crippen LogP contribution in [0.4, 0.5) is 8.78 Å². The Bertz CT molecular complexity index is 597. The predicted molar refractivity (Wildman–Crippen MR) is 79.7 cm³/mol. The van der Waals surface area contributed by atoms with Gasteiger partial charge in [0, 0.05) is 24.7 Å². The van der Waals surface area contributed by atoms with Gasteiger partial charge in [-0.3, -0.25) is 4.79 Å². The van der Waals surface area contributed by atoms with Crippen molar-refractivity contribution < 1.29 is 23.0 Å². The van der Waals surface area contributed by atoms with Crippen LogP contribution in [0.2, 0.25) is 0 Å². The Morgan fingerprint density at radius 2 is 2.09 bits per heavy atom. The maximum atomic E-state index is 12.6. The minimum absolute atomic E-state index is 0.0839. The molecule has 3 unspecified atom stereocenters. The predicted octanol–water partition coefficient (Wildman–Crippen LogP) is 2.11. The molecule has 1 heterocycles. The van der Waals surface area contributed by atoms with Crippen LogP contribution in [0.1, 0.15) is 23.2 Å². The summed E-state index contributed by atoms with van der Waals surface area (Å²) >= 11 is 0. The highest BCUT2D eigenvalue weighted by Crippen LogP contribution is 2.38. The van der Waals surface area contributed by atoms with E-state index in [-0.39, 0.29) is 23.4 Å². The van der Waals surface area contributed by atoms with E-state index in [9.17, 15) is 13.6 Å². The van der Waals surface area contributed by atoms with E-state index >= 15 is 0 Å². The van der Waals surface area contributed by atoms with Crippen LogP contribution in [0.15, 0.2) is 18.2 Å². The van der Waals surface area contributed by atoms with Crippen molar-refractivity contribution in [3.05, 3.63) is 23.8 Å². The zero-order valence-corrected chi connectivity index (χ0v) is 12.9. The van der Waals surface area contributed by atoms with Crippen LogP contribution in [0.5, 0.6) is 11.5 Å². The molecule has 2 N–H and O–H groups in total. The molecule has 3 atom stereocenters. The highest BCUT2D eigenvalue weighted by atomic mass is 19.3. The zero-order valence-electron chi connectivity index (χ0n) is 12.9. The Hall–Kier alpha value is -1.89. The van der Waals surface area contributed by atoms with Crippen molar-refractivity contribution in [1.82, 2.24) is 4.90 Å². The van der Waals surface area contributed by atoms with Gasteiger partial charge in [-0.05, 0) is 42.9 Å². The molecule has 0 spiro atoms. The van der Waals surface area contributed by atoms with Gasteiger partial charge < -0.3 is 20.1 Å². The molecule has 1 amide bonds. The molecule has 2 aliphatic rings. The number of methoxy groups -OCH3 is 1. The monoisotopic (exact) mass is 326 g/mol. The summed E-state index contributed by atoms with van der Waals surface area (Å²) in [7, 11) is 1.35. The van der Waals surface area contributed by atoms with Crippen molar-refractivity contribution in [2.45, 2.75) is 25.5 Å². The van der Waals surface area contributed by atoms with E-state index < -0.39 is 6.61 Å². The first-order valence-corrected chi connectivity index (χ1v) is 7.67. The average Bonchev–Trinajstić information content (AvgIpc) is 3.09. The SMILES string of the molecule is COc1cc(C(=O)N2CC3CCC(N)C3C2)ccc1OC(F)F. The molecule has 0 bridgehead atoms. The fourth-order valence-corrected chi connectivity index (χ4v) is 3.65. The van der Waals surface area contributed by atoms with Crippen LogP contribution in [-0.2, 0) is 0 Å². The molecule has 0 radical (unpaired) electrons. The summed E-state index contributed by atoms with van der Waals surface area (Å²) < 4.78 is 34.1. The molecule has 7 heteroatoms. The number of halogens is 2. The van der Waals surface area contributed by atoms with Gasteiger partial charge in [-0.25, -0.2) is 0 Å². The Morgan fingerprint density at radius 1 is 1.30 bits per heavy atom. The molecular formula is C16H20F2N2O3. The van der Waals surface area contributed by atoms with Gasteiger partial charge in [0.15, 0.2) is 11.5 Å². The van der Waals surface area contributed by atoms with E-state index in [4.69, 9.17) is 10.5 Å². The Balaban J connectivity index is 1.75. The third-order valence-corrected chi connectivity index (χ3v) is 4.83. The van der Waals surface area contributed by atoms with Crippen molar-refractivity contribution in [3.63, 3.8) is 0 Å². The largest absolute Gasteiger partial charge is 0.493 e. The number of hydrogen-bond donors (Lipinski definition) is 1. The minimum Gasteiger partial charge on any atom is -0.493 e. The van der Waals surface area contributed by atoms with Crippen LogP contribution in [-0.4, -0.2) is 43.7 Å². The summed E-state index contributed by atoms with van der Waals surface area (Å²) in [5, 5.41) is 0. The van der Waals surface area contributed by atoms with Crippen LogP contribution >= 0.6 is 0 Å². The molecule has 23 heavy (non-hydrogen) atoms. The second-order valence-electron chi connectivity index (χ2n) is 6.12. The van der Waals surface area contributed by atoms with Gasteiger partial charge in [-0.15, -0.1) is 0 Å². The number of likely N-dealkylation sites (tertiary alicyclic amines) is 1. The number of benzene rings is 1. The molecule has 1 aliphatic carbocycles. The summed E-state index contributed by atoms with van der Waals surface area (Å²) in [6.07, 6.45) is 2.07. The van der Waals surface area contributed by atoms with Gasteiger partial charge >= 0.3 is 6.61 Å². The second-order valence-corrected chi connectivity index (χ2v) is 6.12. The van der Waals surface area contributed by atoms with Crippen molar-refractivity contribution in [2.75, 3.05) is 20.2 Å². The number of ether oxygens (including phenoxy) is 2. The Kier molecular flexibility index (Phi) is 4.39. The van der Waals surface area contributed by atoms with E-state index in [0.29, 0.717) is 30.5 Å². The fraction of sp³-hybridized carbons (Fsp3) is 0.562.